The first-order valence-corrected chi connectivity index (χ1v) is 9.99. The molecular weight excluding hydrogens is 340 g/mol. The van der Waals surface area contributed by atoms with E-state index >= 15 is 0 Å². The van der Waals surface area contributed by atoms with Crippen molar-refractivity contribution in [3.63, 3.8) is 0 Å². The van der Waals surface area contributed by atoms with Crippen molar-refractivity contribution in [2.24, 2.45) is 5.92 Å². The second kappa shape index (κ2) is 8.55. The molecular formula is C21H30N4O2. The molecule has 2 atom stereocenters. The molecule has 0 aliphatic heterocycles. The number of imidazole rings is 1. The van der Waals surface area contributed by atoms with Crippen LogP contribution < -0.4 is 10.6 Å². The van der Waals surface area contributed by atoms with Gasteiger partial charge in [-0.2, -0.15) is 0 Å². The van der Waals surface area contributed by atoms with E-state index in [4.69, 9.17) is 0 Å². The Balaban J connectivity index is 1.48. The Bertz CT molecular complexity index is 827. The van der Waals surface area contributed by atoms with Crippen LogP contribution in [0, 0.1) is 19.8 Å². The van der Waals surface area contributed by atoms with Crippen LogP contribution in [0.2, 0.25) is 0 Å². The van der Waals surface area contributed by atoms with Gasteiger partial charge in [0.25, 0.3) is 5.91 Å². The summed E-state index contributed by atoms with van der Waals surface area (Å²) in [6.45, 7) is 6.52. The summed E-state index contributed by atoms with van der Waals surface area (Å²) in [5, 5.41) is 6.08. The van der Waals surface area contributed by atoms with E-state index < -0.39 is 0 Å². The molecule has 0 aromatic carbocycles. The highest BCUT2D eigenvalue weighted by Crippen LogP contribution is 2.23. The van der Waals surface area contributed by atoms with E-state index in [1.165, 1.54) is 19.3 Å². The zero-order chi connectivity index (χ0) is 19.4. The van der Waals surface area contributed by atoms with Crippen LogP contribution >= 0.6 is 0 Å². The number of pyridine rings is 1. The Kier molecular flexibility index (Phi) is 6.14. The summed E-state index contributed by atoms with van der Waals surface area (Å²) in [6.07, 6.45) is 7.67. The summed E-state index contributed by atoms with van der Waals surface area (Å²) in [5.41, 5.74) is 3.12. The molecule has 1 aliphatic carbocycles. The van der Waals surface area contributed by atoms with Crippen molar-refractivity contribution in [1.82, 2.24) is 20.0 Å². The van der Waals surface area contributed by atoms with Gasteiger partial charge in [0.1, 0.15) is 11.3 Å². The standard InChI is InChI=1S/C21H30N4O2/c1-14-8-4-5-10-17(14)24-18(26)11-6-12-22-21(27)19-16(3)23-20-15(2)9-7-13-25(19)20/h7,9,13-14,17H,4-6,8,10-12H2,1-3H3,(H,22,27)(H,24,26). The van der Waals surface area contributed by atoms with Crippen LogP contribution in [0.1, 0.15) is 67.2 Å². The maximum absolute atomic E-state index is 12.6. The number of hydrogen-bond acceptors (Lipinski definition) is 3. The monoisotopic (exact) mass is 370 g/mol. The third kappa shape index (κ3) is 4.49. The SMILES string of the molecule is Cc1nc2c(C)cccn2c1C(=O)NCCCC(=O)NC1CCCCC1C. The van der Waals surface area contributed by atoms with Crippen molar-refractivity contribution < 1.29 is 9.59 Å². The number of carbonyl (C=O) groups is 2. The van der Waals surface area contributed by atoms with E-state index in [-0.39, 0.29) is 11.8 Å². The maximum atomic E-state index is 12.6. The fourth-order valence-electron chi connectivity index (χ4n) is 3.94. The number of aryl methyl sites for hydroxylation is 2. The average Bonchev–Trinajstić information content (AvgIpc) is 2.98. The smallest absolute Gasteiger partial charge is 0.270 e. The van der Waals surface area contributed by atoms with Crippen molar-refractivity contribution in [3.05, 3.63) is 35.3 Å². The molecule has 2 unspecified atom stereocenters. The summed E-state index contributed by atoms with van der Waals surface area (Å²) in [5.74, 6) is 0.500. The number of amides is 2. The number of nitrogens with zero attached hydrogens (tertiary/aromatic N) is 2. The van der Waals surface area contributed by atoms with Crippen LogP contribution in [-0.2, 0) is 4.79 Å². The molecule has 6 heteroatoms. The number of hydrogen-bond donors (Lipinski definition) is 2. The summed E-state index contributed by atoms with van der Waals surface area (Å²) in [7, 11) is 0. The first-order valence-electron chi connectivity index (χ1n) is 9.99. The molecule has 2 aromatic heterocycles. The van der Waals surface area contributed by atoms with Gasteiger partial charge in [-0.25, -0.2) is 4.98 Å². The van der Waals surface area contributed by atoms with Crippen LogP contribution in [0.25, 0.3) is 5.65 Å². The van der Waals surface area contributed by atoms with Gasteiger partial charge in [0.2, 0.25) is 5.91 Å². The summed E-state index contributed by atoms with van der Waals surface area (Å²) < 4.78 is 1.83. The van der Waals surface area contributed by atoms with Gasteiger partial charge in [-0.3, -0.25) is 14.0 Å². The van der Waals surface area contributed by atoms with Crippen LogP contribution in [0.4, 0.5) is 0 Å². The predicted octanol–water partition coefficient (Wildman–Crippen LogP) is 3.16. The Labute approximate surface area is 160 Å². The van der Waals surface area contributed by atoms with E-state index in [2.05, 4.69) is 22.5 Å². The van der Waals surface area contributed by atoms with E-state index in [1.807, 2.05) is 36.6 Å². The molecule has 6 nitrogen and oxygen atoms in total. The molecule has 2 aromatic rings. The topological polar surface area (TPSA) is 75.5 Å². The zero-order valence-electron chi connectivity index (χ0n) is 16.5. The molecule has 1 saturated carbocycles. The maximum Gasteiger partial charge on any atom is 0.270 e. The van der Waals surface area contributed by atoms with Crippen molar-refractivity contribution >= 4 is 17.5 Å². The fourth-order valence-corrected chi connectivity index (χ4v) is 3.94. The lowest BCUT2D eigenvalue weighted by atomic mass is 9.86. The molecule has 0 bridgehead atoms. The van der Waals surface area contributed by atoms with Gasteiger partial charge in [0, 0.05) is 25.2 Å². The molecule has 0 radical (unpaired) electrons. The lowest BCUT2D eigenvalue weighted by Gasteiger charge is -2.29. The van der Waals surface area contributed by atoms with Crippen molar-refractivity contribution in [1.29, 1.82) is 0 Å². The quantitative estimate of drug-likeness (QED) is 0.767. The molecule has 3 rings (SSSR count). The fraction of sp³-hybridized carbons (Fsp3) is 0.571. The third-order valence-electron chi connectivity index (χ3n) is 5.56. The number of rotatable bonds is 6. The molecule has 2 amide bonds. The van der Waals surface area contributed by atoms with E-state index in [0.29, 0.717) is 42.7 Å². The van der Waals surface area contributed by atoms with Gasteiger partial charge in [-0.1, -0.05) is 25.8 Å². The van der Waals surface area contributed by atoms with E-state index in [9.17, 15) is 9.59 Å². The van der Waals surface area contributed by atoms with Crippen LogP contribution in [0.3, 0.4) is 0 Å². The second-order valence-electron chi connectivity index (χ2n) is 7.73. The summed E-state index contributed by atoms with van der Waals surface area (Å²) >= 11 is 0. The molecule has 0 spiro atoms. The summed E-state index contributed by atoms with van der Waals surface area (Å²) in [6, 6.07) is 4.20. The van der Waals surface area contributed by atoms with Gasteiger partial charge in [0.15, 0.2) is 0 Å². The molecule has 27 heavy (non-hydrogen) atoms. The highest BCUT2D eigenvalue weighted by atomic mass is 16.2. The van der Waals surface area contributed by atoms with Gasteiger partial charge < -0.3 is 10.6 Å². The van der Waals surface area contributed by atoms with E-state index in [1.54, 1.807) is 0 Å². The van der Waals surface area contributed by atoms with Crippen LogP contribution in [-0.4, -0.2) is 33.8 Å². The Morgan fingerprint density at radius 3 is 2.81 bits per heavy atom. The Morgan fingerprint density at radius 2 is 2.04 bits per heavy atom. The lowest BCUT2D eigenvalue weighted by Crippen LogP contribution is -2.41. The number of aromatic nitrogens is 2. The minimum absolute atomic E-state index is 0.0876. The van der Waals surface area contributed by atoms with E-state index in [0.717, 1.165) is 17.6 Å². The number of nitrogens with one attached hydrogen (secondary N) is 2. The molecule has 1 fully saturated rings. The number of carbonyl (C=O) groups excluding carboxylic acids is 2. The molecule has 2 heterocycles. The van der Waals surface area contributed by atoms with Crippen molar-refractivity contribution in [2.75, 3.05) is 6.54 Å². The highest BCUT2D eigenvalue weighted by Gasteiger charge is 2.22. The lowest BCUT2D eigenvalue weighted by molar-refractivity contribution is -0.122. The van der Waals surface area contributed by atoms with Gasteiger partial charge in [-0.05, 0) is 50.7 Å². The first-order chi connectivity index (χ1) is 13.0. The van der Waals surface area contributed by atoms with Crippen LogP contribution in [0.15, 0.2) is 18.3 Å². The second-order valence-corrected chi connectivity index (χ2v) is 7.73. The zero-order valence-corrected chi connectivity index (χ0v) is 16.5. The van der Waals surface area contributed by atoms with Crippen LogP contribution in [0.5, 0.6) is 0 Å². The Morgan fingerprint density at radius 1 is 1.26 bits per heavy atom. The molecule has 146 valence electrons. The van der Waals surface area contributed by atoms with Gasteiger partial charge in [-0.15, -0.1) is 0 Å². The summed E-state index contributed by atoms with van der Waals surface area (Å²) in [4.78, 5) is 29.2. The van der Waals surface area contributed by atoms with Gasteiger partial charge >= 0.3 is 0 Å². The average molecular weight is 370 g/mol. The van der Waals surface area contributed by atoms with Gasteiger partial charge in [0.05, 0.1) is 5.69 Å². The first kappa shape index (κ1) is 19.4. The third-order valence-corrected chi connectivity index (χ3v) is 5.56. The molecule has 0 saturated heterocycles. The Hall–Kier alpha value is -2.37. The minimum atomic E-state index is -0.146. The highest BCUT2D eigenvalue weighted by molar-refractivity contribution is 5.94. The van der Waals surface area contributed by atoms with Crippen molar-refractivity contribution in [3.8, 4) is 0 Å². The molecule has 2 N–H and O–H groups in total. The normalized spacial score (nSPS) is 19.8. The predicted molar refractivity (Wildman–Crippen MR) is 106 cm³/mol. The van der Waals surface area contributed by atoms with Crippen molar-refractivity contribution in [2.45, 2.75) is 65.3 Å². The minimum Gasteiger partial charge on any atom is -0.353 e. The molecule has 1 aliphatic rings. The number of fused-ring (bicyclic) bond motifs is 1. The largest absolute Gasteiger partial charge is 0.353 e.